The Labute approximate surface area is 84.1 Å². The Morgan fingerprint density at radius 2 is 1.92 bits per heavy atom. The van der Waals surface area contributed by atoms with Crippen LogP contribution in [0.1, 0.15) is 0 Å². The van der Waals surface area contributed by atoms with Gasteiger partial charge in [-0.2, -0.15) is 0 Å². The van der Waals surface area contributed by atoms with E-state index in [4.69, 9.17) is 23.2 Å². The van der Waals surface area contributed by atoms with Crippen LogP contribution in [0.15, 0.2) is 24.4 Å². The third-order valence-electron chi connectivity index (χ3n) is 1.73. The molecule has 0 aliphatic rings. The van der Waals surface area contributed by atoms with Crippen molar-refractivity contribution in [1.82, 2.24) is 4.98 Å². The molecular weight excluding hydrogens is 212 g/mol. The molecule has 1 heterocycles. The van der Waals surface area contributed by atoms with Crippen LogP contribution < -0.4 is 0 Å². The summed E-state index contributed by atoms with van der Waals surface area (Å²) in [5.74, 6) is -0.482. The van der Waals surface area contributed by atoms with Crippen LogP contribution in [0.4, 0.5) is 4.39 Å². The first kappa shape index (κ1) is 8.73. The lowest BCUT2D eigenvalue weighted by molar-refractivity contribution is 0.630. The summed E-state index contributed by atoms with van der Waals surface area (Å²) in [4.78, 5) is 4.01. The van der Waals surface area contributed by atoms with E-state index < -0.39 is 5.82 Å². The molecule has 2 rings (SSSR count). The van der Waals surface area contributed by atoms with Gasteiger partial charge in [-0.05, 0) is 18.2 Å². The number of pyridine rings is 1. The first-order valence-electron chi connectivity index (χ1n) is 3.58. The predicted molar refractivity (Wildman–Crippen MR) is 51.7 cm³/mol. The molecule has 0 aliphatic carbocycles. The molecule has 13 heavy (non-hydrogen) atoms. The Hall–Kier alpha value is -0.860. The summed E-state index contributed by atoms with van der Waals surface area (Å²) in [6.07, 6.45) is 1.55. The van der Waals surface area contributed by atoms with Gasteiger partial charge in [-0.25, -0.2) is 4.39 Å². The maximum Gasteiger partial charge on any atom is 0.142 e. The number of halogens is 3. The monoisotopic (exact) mass is 215 g/mol. The van der Waals surface area contributed by atoms with E-state index >= 15 is 0 Å². The fourth-order valence-electron chi connectivity index (χ4n) is 1.11. The number of rotatable bonds is 0. The Balaban J connectivity index is 2.89. The minimum Gasteiger partial charge on any atom is -0.256 e. The Kier molecular flexibility index (Phi) is 2.10. The molecule has 0 amide bonds. The van der Waals surface area contributed by atoms with Gasteiger partial charge in [0.25, 0.3) is 0 Å². The van der Waals surface area contributed by atoms with Crippen LogP contribution in [-0.4, -0.2) is 4.98 Å². The summed E-state index contributed by atoms with van der Waals surface area (Å²) in [5.41, 5.74) is 0.596. The fraction of sp³-hybridized carbons (Fsp3) is 0. The van der Waals surface area contributed by atoms with Gasteiger partial charge < -0.3 is 0 Å². The zero-order valence-electron chi connectivity index (χ0n) is 6.39. The zero-order valence-corrected chi connectivity index (χ0v) is 7.90. The summed E-state index contributed by atoms with van der Waals surface area (Å²) in [6.45, 7) is 0. The number of hydrogen-bond acceptors (Lipinski definition) is 1. The molecule has 66 valence electrons. The zero-order chi connectivity index (χ0) is 9.42. The lowest BCUT2D eigenvalue weighted by atomic mass is 10.2. The Morgan fingerprint density at radius 1 is 1.15 bits per heavy atom. The highest BCUT2D eigenvalue weighted by Gasteiger charge is 2.05. The molecule has 0 saturated heterocycles. The lowest BCUT2D eigenvalue weighted by Crippen LogP contribution is -1.82. The maximum atomic E-state index is 13.0. The molecule has 0 unspecified atom stereocenters. The van der Waals surface area contributed by atoms with Gasteiger partial charge in [-0.3, -0.25) is 4.98 Å². The summed E-state index contributed by atoms with van der Waals surface area (Å²) >= 11 is 11.4. The number of benzene rings is 1. The number of nitrogens with zero attached hydrogens (tertiary/aromatic N) is 1. The number of aromatic nitrogens is 1. The van der Waals surface area contributed by atoms with Crippen LogP contribution in [0, 0.1) is 5.82 Å². The highest BCUT2D eigenvalue weighted by atomic mass is 35.5. The molecular formula is C9H4Cl2FN. The number of hydrogen-bond donors (Lipinski definition) is 0. The third kappa shape index (κ3) is 1.47. The fourth-order valence-corrected chi connectivity index (χ4v) is 1.47. The van der Waals surface area contributed by atoms with Gasteiger partial charge in [0.05, 0.1) is 15.6 Å². The maximum absolute atomic E-state index is 13.0. The topological polar surface area (TPSA) is 12.9 Å². The van der Waals surface area contributed by atoms with Gasteiger partial charge >= 0.3 is 0 Å². The smallest absolute Gasteiger partial charge is 0.142 e. The largest absolute Gasteiger partial charge is 0.256 e. The molecule has 0 N–H and O–H groups in total. The normalized spacial score (nSPS) is 10.7. The molecule has 2 aromatic rings. The van der Waals surface area contributed by atoms with E-state index in [1.54, 1.807) is 12.3 Å². The van der Waals surface area contributed by atoms with Crippen molar-refractivity contribution in [2.24, 2.45) is 0 Å². The van der Waals surface area contributed by atoms with E-state index in [0.29, 0.717) is 15.9 Å². The van der Waals surface area contributed by atoms with Crippen molar-refractivity contribution in [3.63, 3.8) is 0 Å². The van der Waals surface area contributed by atoms with Crippen LogP contribution in [0.5, 0.6) is 0 Å². The molecule has 0 fully saturated rings. The van der Waals surface area contributed by atoms with Crippen LogP contribution in [0.25, 0.3) is 10.9 Å². The molecule has 0 atom stereocenters. The van der Waals surface area contributed by atoms with E-state index in [1.807, 2.05) is 0 Å². The van der Waals surface area contributed by atoms with Crippen LogP contribution >= 0.6 is 23.2 Å². The van der Waals surface area contributed by atoms with Crippen LogP contribution in [-0.2, 0) is 0 Å². The van der Waals surface area contributed by atoms with E-state index in [0.717, 1.165) is 0 Å². The molecule has 0 aliphatic heterocycles. The second kappa shape index (κ2) is 3.13. The van der Waals surface area contributed by atoms with Gasteiger partial charge in [0.2, 0.25) is 0 Å². The Morgan fingerprint density at radius 3 is 2.69 bits per heavy atom. The molecule has 1 nitrogen and oxygen atoms in total. The van der Waals surface area contributed by atoms with Crippen molar-refractivity contribution in [1.29, 1.82) is 0 Å². The average molecular weight is 216 g/mol. The standard InChI is InChI=1S/C9H4Cl2FN/c10-6-1-2-13-9-4-7(11)8(12)3-5(6)9/h1-4H. The van der Waals surface area contributed by atoms with Crippen molar-refractivity contribution < 1.29 is 4.39 Å². The predicted octanol–water partition coefficient (Wildman–Crippen LogP) is 3.68. The molecule has 1 aromatic carbocycles. The highest BCUT2D eigenvalue weighted by molar-refractivity contribution is 6.36. The second-order valence-electron chi connectivity index (χ2n) is 2.58. The number of fused-ring (bicyclic) bond motifs is 1. The van der Waals surface area contributed by atoms with Crippen molar-refractivity contribution in [3.8, 4) is 0 Å². The van der Waals surface area contributed by atoms with E-state index in [9.17, 15) is 4.39 Å². The Bertz CT molecular complexity index is 470. The second-order valence-corrected chi connectivity index (χ2v) is 3.39. The molecule has 0 saturated carbocycles. The van der Waals surface area contributed by atoms with Crippen molar-refractivity contribution in [2.75, 3.05) is 0 Å². The highest BCUT2D eigenvalue weighted by Crippen LogP contribution is 2.26. The average Bonchev–Trinajstić information content (AvgIpc) is 2.09. The molecule has 4 heteroatoms. The van der Waals surface area contributed by atoms with Gasteiger partial charge in [0.1, 0.15) is 5.82 Å². The lowest BCUT2D eigenvalue weighted by Gasteiger charge is -2.00. The summed E-state index contributed by atoms with van der Waals surface area (Å²) in [6, 6.07) is 4.35. The van der Waals surface area contributed by atoms with Crippen molar-refractivity contribution in [2.45, 2.75) is 0 Å². The summed E-state index contributed by atoms with van der Waals surface area (Å²) in [5, 5.41) is 1.11. The first-order chi connectivity index (χ1) is 6.18. The SMILES string of the molecule is Fc1cc2c(Cl)ccnc2cc1Cl. The minimum absolute atomic E-state index is 0.0577. The van der Waals surface area contributed by atoms with E-state index in [-0.39, 0.29) is 5.02 Å². The summed E-state index contributed by atoms with van der Waals surface area (Å²) < 4.78 is 13.0. The molecule has 0 bridgehead atoms. The first-order valence-corrected chi connectivity index (χ1v) is 4.33. The molecule has 0 radical (unpaired) electrons. The van der Waals surface area contributed by atoms with Gasteiger partial charge in [0, 0.05) is 11.6 Å². The quantitative estimate of drug-likeness (QED) is 0.654. The van der Waals surface area contributed by atoms with Crippen molar-refractivity contribution in [3.05, 3.63) is 40.3 Å². The van der Waals surface area contributed by atoms with E-state index in [1.165, 1.54) is 12.1 Å². The van der Waals surface area contributed by atoms with Crippen LogP contribution in [0.2, 0.25) is 10.0 Å². The summed E-state index contributed by atoms with van der Waals surface area (Å²) in [7, 11) is 0. The van der Waals surface area contributed by atoms with Gasteiger partial charge in [-0.15, -0.1) is 0 Å². The van der Waals surface area contributed by atoms with Crippen molar-refractivity contribution >= 4 is 34.1 Å². The minimum atomic E-state index is -0.482. The van der Waals surface area contributed by atoms with E-state index in [2.05, 4.69) is 4.98 Å². The third-order valence-corrected chi connectivity index (χ3v) is 2.35. The van der Waals surface area contributed by atoms with Crippen LogP contribution in [0.3, 0.4) is 0 Å². The molecule has 1 aromatic heterocycles. The van der Waals surface area contributed by atoms with Gasteiger partial charge in [-0.1, -0.05) is 23.2 Å². The molecule has 0 spiro atoms. The van der Waals surface area contributed by atoms with Gasteiger partial charge in [0.15, 0.2) is 0 Å².